The van der Waals surface area contributed by atoms with Crippen LogP contribution in [0.15, 0.2) is 89.7 Å². The molecule has 0 radical (unpaired) electrons. The molecule has 0 bridgehead atoms. The summed E-state index contributed by atoms with van der Waals surface area (Å²) in [6.45, 7) is 0.480. The summed E-state index contributed by atoms with van der Waals surface area (Å²) in [5.74, 6) is 2.40. The number of benzene rings is 3. The summed E-state index contributed by atoms with van der Waals surface area (Å²) in [4.78, 5) is 11.0. The molecule has 3 heterocycles. The quantitative estimate of drug-likeness (QED) is 0.224. The maximum absolute atomic E-state index is 13.6. The molecule has 2 unspecified atom stereocenters. The van der Waals surface area contributed by atoms with Gasteiger partial charge in [0.25, 0.3) is 0 Å². The molecule has 0 saturated carbocycles. The summed E-state index contributed by atoms with van der Waals surface area (Å²) in [5, 5.41) is 9.76. The lowest BCUT2D eigenvalue weighted by atomic mass is 10.1. The molecule has 2 atom stereocenters. The van der Waals surface area contributed by atoms with Crippen LogP contribution in [-0.2, 0) is 17.3 Å². The Labute approximate surface area is 239 Å². The van der Waals surface area contributed by atoms with E-state index in [9.17, 15) is 8.60 Å². The van der Waals surface area contributed by atoms with Crippen molar-refractivity contribution in [3.63, 3.8) is 0 Å². The Kier molecular flexibility index (Phi) is 7.34. The van der Waals surface area contributed by atoms with Gasteiger partial charge in [-0.15, -0.1) is 0 Å². The average molecular weight is 569 g/mol. The standard InChI is InChI=1S/C31H29FN6O2S/c1-37(2)28(18-41(3)39)30-12-11-29(40-30)21-7-9-26-25(15-21)31(34-19-33-26)36-24-8-10-27-22(14-24)16-35-38(27)17-20-5-4-6-23(32)13-20/h4-16,19,28H,17-18H2,1-3H3,(H,33,34,36). The summed E-state index contributed by atoms with van der Waals surface area (Å²) in [5.41, 5.74) is 4.35. The van der Waals surface area contributed by atoms with E-state index in [0.29, 0.717) is 18.1 Å². The molecule has 3 aromatic heterocycles. The number of aromatic nitrogens is 4. The van der Waals surface area contributed by atoms with Gasteiger partial charge in [0.05, 0.1) is 29.8 Å². The molecule has 0 saturated heterocycles. The van der Waals surface area contributed by atoms with E-state index in [0.717, 1.165) is 50.1 Å². The second-order valence-electron chi connectivity index (χ2n) is 10.2. The number of nitrogens with zero attached hydrogens (tertiary/aromatic N) is 5. The van der Waals surface area contributed by atoms with E-state index in [1.807, 2.05) is 78.3 Å². The first kappa shape index (κ1) is 26.8. The summed E-state index contributed by atoms with van der Waals surface area (Å²) in [6, 6.07) is 22.3. The topological polar surface area (TPSA) is 89.1 Å². The minimum absolute atomic E-state index is 0.0799. The first-order valence-electron chi connectivity index (χ1n) is 13.1. The third-order valence-electron chi connectivity index (χ3n) is 7.02. The van der Waals surface area contributed by atoms with Gasteiger partial charge in [-0.2, -0.15) is 5.10 Å². The van der Waals surface area contributed by atoms with E-state index in [2.05, 4.69) is 20.4 Å². The molecule has 6 rings (SSSR count). The second-order valence-corrected chi connectivity index (χ2v) is 11.7. The molecule has 10 heteroatoms. The van der Waals surface area contributed by atoms with Crippen molar-refractivity contribution in [2.75, 3.05) is 31.4 Å². The minimum Gasteiger partial charge on any atom is -0.459 e. The van der Waals surface area contributed by atoms with Gasteiger partial charge in [-0.1, -0.05) is 12.1 Å². The molecule has 0 amide bonds. The fraction of sp³-hybridized carbons (Fsp3) is 0.194. The van der Waals surface area contributed by atoms with E-state index in [4.69, 9.17) is 4.42 Å². The molecule has 0 fully saturated rings. The van der Waals surface area contributed by atoms with E-state index in [1.54, 1.807) is 18.5 Å². The zero-order valence-corrected chi connectivity index (χ0v) is 23.7. The molecule has 8 nitrogen and oxygen atoms in total. The van der Waals surface area contributed by atoms with E-state index < -0.39 is 10.8 Å². The molecule has 3 aromatic carbocycles. The molecule has 0 aliphatic heterocycles. The molecule has 0 spiro atoms. The Morgan fingerprint density at radius 3 is 2.73 bits per heavy atom. The average Bonchev–Trinajstić information content (AvgIpc) is 3.59. The summed E-state index contributed by atoms with van der Waals surface area (Å²) < 4.78 is 33.6. The lowest BCUT2D eigenvalue weighted by Crippen LogP contribution is -2.24. The monoisotopic (exact) mass is 568 g/mol. The lowest BCUT2D eigenvalue weighted by Gasteiger charge is -2.21. The largest absolute Gasteiger partial charge is 0.459 e. The first-order chi connectivity index (χ1) is 19.8. The van der Waals surface area contributed by atoms with Crippen LogP contribution in [0.4, 0.5) is 15.9 Å². The van der Waals surface area contributed by atoms with E-state index >= 15 is 0 Å². The second kappa shape index (κ2) is 11.2. The maximum atomic E-state index is 13.6. The fourth-order valence-electron chi connectivity index (χ4n) is 4.94. The third kappa shape index (κ3) is 5.75. The van der Waals surface area contributed by atoms with Gasteiger partial charge in [-0.05, 0) is 80.3 Å². The van der Waals surface area contributed by atoms with Gasteiger partial charge in [0.15, 0.2) is 0 Å². The van der Waals surface area contributed by atoms with Gasteiger partial charge >= 0.3 is 0 Å². The van der Waals surface area contributed by atoms with Gasteiger partial charge in [-0.3, -0.25) is 13.8 Å². The van der Waals surface area contributed by atoms with E-state index in [1.165, 1.54) is 18.5 Å². The zero-order chi connectivity index (χ0) is 28.5. The highest BCUT2D eigenvalue weighted by Gasteiger charge is 2.20. The Hall–Kier alpha value is -4.41. The summed E-state index contributed by atoms with van der Waals surface area (Å²) >= 11 is 0. The minimum atomic E-state index is -0.957. The van der Waals surface area contributed by atoms with Crippen molar-refractivity contribution < 1.29 is 13.0 Å². The molecule has 6 aromatic rings. The number of halogens is 1. The first-order valence-corrected chi connectivity index (χ1v) is 14.8. The number of nitrogens with one attached hydrogen (secondary N) is 1. The fourth-order valence-corrected chi connectivity index (χ4v) is 5.85. The maximum Gasteiger partial charge on any atom is 0.141 e. The number of furan rings is 1. The van der Waals surface area contributed by atoms with Crippen LogP contribution in [0, 0.1) is 5.82 Å². The lowest BCUT2D eigenvalue weighted by molar-refractivity contribution is 0.282. The predicted octanol–water partition coefficient (Wildman–Crippen LogP) is 6.15. The molecule has 0 aliphatic carbocycles. The third-order valence-corrected chi connectivity index (χ3v) is 7.80. The number of hydrogen-bond donors (Lipinski definition) is 1. The zero-order valence-electron chi connectivity index (χ0n) is 22.9. The summed E-state index contributed by atoms with van der Waals surface area (Å²) in [6.07, 6.45) is 5.05. The highest BCUT2D eigenvalue weighted by atomic mass is 32.2. The number of fused-ring (bicyclic) bond motifs is 2. The SMILES string of the molecule is CN(C)C(CS(C)=O)c1ccc(-c2ccc3ncnc(Nc4ccc5c(cnn5Cc5cccc(F)c5)c4)c3c2)o1. The highest BCUT2D eigenvalue weighted by molar-refractivity contribution is 7.84. The Bertz CT molecular complexity index is 1880. The Balaban J connectivity index is 1.28. The van der Waals surface area contributed by atoms with Gasteiger partial charge in [0.1, 0.15) is 29.5 Å². The Morgan fingerprint density at radius 2 is 1.93 bits per heavy atom. The molecule has 208 valence electrons. The Morgan fingerprint density at radius 1 is 1.05 bits per heavy atom. The number of anilines is 2. The van der Waals surface area contributed by atoms with Crippen molar-refractivity contribution in [1.82, 2.24) is 24.6 Å². The van der Waals surface area contributed by atoms with Crippen molar-refractivity contribution >= 4 is 44.1 Å². The smallest absolute Gasteiger partial charge is 0.141 e. The summed E-state index contributed by atoms with van der Waals surface area (Å²) in [7, 11) is 2.96. The van der Waals surface area contributed by atoms with Crippen LogP contribution in [0.1, 0.15) is 17.4 Å². The molecule has 41 heavy (non-hydrogen) atoms. The van der Waals surface area contributed by atoms with Crippen molar-refractivity contribution in [3.8, 4) is 11.3 Å². The number of rotatable bonds is 9. The van der Waals surface area contributed by atoms with E-state index in [-0.39, 0.29) is 11.9 Å². The molecule has 0 aliphatic rings. The number of hydrogen-bond acceptors (Lipinski definition) is 7. The van der Waals surface area contributed by atoms with Crippen LogP contribution < -0.4 is 5.32 Å². The van der Waals surface area contributed by atoms with Crippen molar-refractivity contribution in [2.24, 2.45) is 0 Å². The van der Waals surface area contributed by atoms with Crippen LogP contribution in [-0.4, -0.2) is 55.0 Å². The van der Waals surface area contributed by atoms with Gasteiger partial charge < -0.3 is 9.73 Å². The molecule has 1 N–H and O–H groups in total. The van der Waals surface area contributed by atoms with Crippen LogP contribution in [0.3, 0.4) is 0 Å². The molecular formula is C31H29FN6O2S. The van der Waals surface area contributed by atoms with Crippen LogP contribution in [0.2, 0.25) is 0 Å². The predicted molar refractivity (Wildman–Crippen MR) is 161 cm³/mol. The van der Waals surface area contributed by atoms with Gasteiger partial charge in [0.2, 0.25) is 0 Å². The van der Waals surface area contributed by atoms with Crippen molar-refractivity contribution in [3.05, 3.63) is 102 Å². The van der Waals surface area contributed by atoms with Gasteiger partial charge in [0, 0.05) is 44.8 Å². The van der Waals surface area contributed by atoms with Gasteiger partial charge in [-0.25, -0.2) is 14.4 Å². The van der Waals surface area contributed by atoms with Crippen LogP contribution >= 0.6 is 0 Å². The van der Waals surface area contributed by atoms with Crippen LogP contribution in [0.25, 0.3) is 33.1 Å². The normalized spacial score (nSPS) is 13.2. The highest BCUT2D eigenvalue weighted by Crippen LogP contribution is 2.32. The van der Waals surface area contributed by atoms with Crippen molar-refractivity contribution in [1.29, 1.82) is 0 Å². The van der Waals surface area contributed by atoms with Crippen molar-refractivity contribution in [2.45, 2.75) is 12.6 Å². The molecular weight excluding hydrogens is 539 g/mol. The van der Waals surface area contributed by atoms with Crippen LogP contribution in [0.5, 0.6) is 0 Å².